The Balaban J connectivity index is 5.19. The molecule has 0 rings (SSSR count). The molecule has 0 saturated carbocycles. The van der Waals surface area contributed by atoms with Gasteiger partial charge in [-0.05, 0) is 54.4 Å². The van der Waals surface area contributed by atoms with Crippen LogP contribution in [-0.2, 0) is 33.3 Å². The molecule has 0 aliphatic carbocycles. The maximum Gasteiger partial charge on any atom is 0.337 e. The summed E-state index contributed by atoms with van der Waals surface area (Å²) < 4.78 is 21.8. The summed E-state index contributed by atoms with van der Waals surface area (Å²) in [4.78, 5) is 36.7. The molecule has 1 unspecified atom stereocenters. The number of alkyl halides is 1. The summed E-state index contributed by atoms with van der Waals surface area (Å²) in [6.07, 6.45) is 1.26. The van der Waals surface area contributed by atoms with E-state index in [-0.39, 0.29) is 25.6 Å². The second-order valence-corrected chi connectivity index (χ2v) is 8.41. The van der Waals surface area contributed by atoms with Crippen molar-refractivity contribution in [2.45, 2.75) is 72.5 Å². The number of Topliss-reactive ketones (excluding diaryl/α,β-unsaturated/α-hetero) is 1. The van der Waals surface area contributed by atoms with Gasteiger partial charge < -0.3 is 18.9 Å². The minimum absolute atomic E-state index is 0.146. The Labute approximate surface area is 173 Å². The predicted octanol–water partition coefficient (Wildman–Crippen LogP) is 3.30. The number of hydrogen-bond acceptors (Lipinski definition) is 7. The number of carbonyl (C=O) groups is 3. The first kappa shape index (κ1) is 26.8. The number of carbonyl (C=O) groups excluding carboxylic acids is 3. The van der Waals surface area contributed by atoms with Gasteiger partial charge in [0.15, 0.2) is 11.4 Å². The van der Waals surface area contributed by atoms with E-state index in [1.807, 2.05) is 6.92 Å². The van der Waals surface area contributed by atoms with Gasteiger partial charge in [0.25, 0.3) is 0 Å². The van der Waals surface area contributed by atoms with Crippen molar-refractivity contribution in [1.82, 2.24) is 0 Å². The van der Waals surface area contributed by atoms with Gasteiger partial charge >= 0.3 is 11.9 Å². The van der Waals surface area contributed by atoms with Crippen molar-refractivity contribution in [2.24, 2.45) is 5.41 Å². The van der Waals surface area contributed by atoms with E-state index in [9.17, 15) is 14.4 Å². The first-order valence-electron chi connectivity index (χ1n) is 9.52. The zero-order valence-corrected chi connectivity index (χ0v) is 18.9. The molecule has 1 atom stereocenters. The molecule has 0 aromatic rings. The lowest BCUT2D eigenvalue weighted by molar-refractivity contribution is -0.183. The largest absolute Gasteiger partial charge is 0.465 e. The van der Waals surface area contributed by atoms with E-state index in [4.69, 9.17) is 30.5 Å². The fourth-order valence-electron chi connectivity index (χ4n) is 1.81. The molecule has 164 valence electrons. The summed E-state index contributed by atoms with van der Waals surface area (Å²) >= 11 is 5.61. The predicted molar refractivity (Wildman–Crippen MR) is 106 cm³/mol. The van der Waals surface area contributed by atoms with E-state index >= 15 is 0 Å². The maximum atomic E-state index is 12.6. The normalized spacial score (nSPS) is 14.3. The molecule has 0 N–H and O–H groups in total. The number of rotatable bonds is 14. The van der Waals surface area contributed by atoms with Crippen LogP contribution in [0.15, 0.2) is 0 Å². The fourth-order valence-corrected chi connectivity index (χ4v) is 1.92. The molecule has 0 amide bonds. The summed E-state index contributed by atoms with van der Waals surface area (Å²) in [6.45, 7) is 11.5. The minimum atomic E-state index is -1.28. The third kappa shape index (κ3) is 8.88. The Morgan fingerprint density at radius 1 is 0.821 bits per heavy atom. The summed E-state index contributed by atoms with van der Waals surface area (Å²) in [6, 6.07) is 0. The average molecular weight is 423 g/mol. The Morgan fingerprint density at radius 2 is 1.43 bits per heavy atom. The highest BCUT2D eigenvalue weighted by Gasteiger charge is 2.41. The molecule has 0 aromatic carbocycles. The van der Waals surface area contributed by atoms with Crippen LogP contribution in [0.5, 0.6) is 0 Å². The number of ether oxygens (including phenoxy) is 4. The van der Waals surface area contributed by atoms with E-state index in [0.29, 0.717) is 18.9 Å². The topological polar surface area (TPSA) is 88.1 Å². The Hall–Kier alpha value is -1.18. The Bertz CT molecular complexity index is 531. The zero-order valence-electron chi connectivity index (χ0n) is 18.2. The molecule has 0 aliphatic rings. The molecule has 0 radical (unpaired) electrons. The summed E-state index contributed by atoms with van der Waals surface area (Å²) in [7, 11) is 0. The van der Waals surface area contributed by atoms with Gasteiger partial charge in [-0.2, -0.15) is 0 Å². The number of ketones is 1. The van der Waals surface area contributed by atoms with Crippen LogP contribution in [-0.4, -0.2) is 61.2 Å². The molecule has 0 aliphatic heterocycles. The van der Waals surface area contributed by atoms with Crippen LogP contribution in [0.25, 0.3) is 0 Å². The summed E-state index contributed by atoms with van der Waals surface area (Å²) in [5, 5.41) is 0. The van der Waals surface area contributed by atoms with Crippen molar-refractivity contribution in [1.29, 1.82) is 0 Å². The third-order valence-corrected chi connectivity index (χ3v) is 4.55. The lowest BCUT2D eigenvalue weighted by atomic mass is 9.92. The number of esters is 2. The molecule has 0 spiro atoms. The summed E-state index contributed by atoms with van der Waals surface area (Å²) in [5.41, 5.74) is -3.50. The molecule has 28 heavy (non-hydrogen) atoms. The van der Waals surface area contributed by atoms with Crippen molar-refractivity contribution in [3.63, 3.8) is 0 Å². The second kappa shape index (κ2) is 11.7. The second-order valence-electron chi connectivity index (χ2n) is 8.03. The van der Waals surface area contributed by atoms with Gasteiger partial charge in [0.2, 0.25) is 0 Å². The Kier molecular flexibility index (Phi) is 11.2. The minimum Gasteiger partial charge on any atom is -0.465 e. The lowest BCUT2D eigenvalue weighted by Gasteiger charge is -2.32. The van der Waals surface area contributed by atoms with Gasteiger partial charge in [-0.25, -0.2) is 4.79 Å². The van der Waals surface area contributed by atoms with Crippen molar-refractivity contribution in [3.05, 3.63) is 0 Å². The third-order valence-electron chi connectivity index (χ3n) is 4.28. The van der Waals surface area contributed by atoms with Gasteiger partial charge in [0, 0.05) is 12.5 Å². The molecule has 0 fully saturated rings. The standard InChI is InChI=1S/C20H35ClO7/c1-8-11-27-19(5,6)16(23)26-13-20(7,17(24)25-12-9-10-21)14-28-18(3,4)15(2)22/h8-14H2,1-7H3. The Morgan fingerprint density at radius 3 is 1.93 bits per heavy atom. The highest BCUT2D eigenvalue weighted by molar-refractivity contribution is 6.17. The van der Waals surface area contributed by atoms with Crippen LogP contribution in [0.1, 0.15) is 61.3 Å². The van der Waals surface area contributed by atoms with Gasteiger partial charge in [-0.1, -0.05) is 6.92 Å². The van der Waals surface area contributed by atoms with Crippen molar-refractivity contribution < 1.29 is 33.3 Å². The highest BCUT2D eigenvalue weighted by atomic mass is 35.5. The molecule has 7 nitrogen and oxygen atoms in total. The van der Waals surface area contributed by atoms with Crippen LogP contribution in [0.3, 0.4) is 0 Å². The van der Waals surface area contributed by atoms with Crippen molar-refractivity contribution in [2.75, 3.05) is 32.3 Å². The average Bonchev–Trinajstić information content (AvgIpc) is 2.62. The van der Waals surface area contributed by atoms with E-state index < -0.39 is 28.6 Å². The zero-order chi connectivity index (χ0) is 22.0. The molecular weight excluding hydrogens is 388 g/mol. The van der Waals surface area contributed by atoms with Crippen LogP contribution >= 0.6 is 11.6 Å². The highest BCUT2D eigenvalue weighted by Crippen LogP contribution is 2.25. The van der Waals surface area contributed by atoms with Crippen LogP contribution in [0.4, 0.5) is 0 Å². The molecule has 0 bridgehead atoms. The van der Waals surface area contributed by atoms with Gasteiger partial charge in [-0.15, -0.1) is 11.6 Å². The van der Waals surface area contributed by atoms with Crippen LogP contribution < -0.4 is 0 Å². The van der Waals surface area contributed by atoms with Gasteiger partial charge in [-0.3, -0.25) is 9.59 Å². The molecule has 8 heteroatoms. The molecule has 0 heterocycles. The molecule has 0 saturated heterocycles. The first-order valence-corrected chi connectivity index (χ1v) is 10.0. The SMILES string of the molecule is CCCOC(C)(C)C(=O)OCC(C)(COC(C)(C)C(C)=O)C(=O)OCCCCl. The van der Waals surface area contributed by atoms with E-state index in [1.54, 1.807) is 34.6 Å². The van der Waals surface area contributed by atoms with Crippen molar-refractivity contribution >= 4 is 29.3 Å². The first-order chi connectivity index (χ1) is 12.8. The quantitative estimate of drug-likeness (QED) is 0.241. The fraction of sp³-hybridized carbons (Fsp3) is 0.850. The lowest BCUT2D eigenvalue weighted by Crippen LogP contribution is -2.46. The van der Waals surface area contributed by atoms with Crippen LogP contribution in [0, 0.1) is 5.41 Å². The smallest absolute Gasteiger partial charge is 0.337 e. The summed E-state index contributed by atoms with van der Waals surface area (Å²) in [5.74, 6) is -1.00. The maximum absolute atomic E-state index is 12.6. The van der Waals surface area contributed by atoms with E-state index in [1.165, 1.54) is 6.92 Å². The van der Waals surface area contributed by atoms with Crippen molar-refractivity contribution in [3.8, 4) is 0 Å². The van der Waals surface area contributed by atoms with E-state index in [0.717, 1.165) is 6.42 Å². The number of halogens is 1. The van der Waals surface area contributed by atoms with Crippen LogP contribution in [0.2, 0.25) is 0 Å². The molecule has 0 aromatic heterocycles. The molecular formula is C20H35ClO7. The van der Waals surface area contributed by atoms with Gasteiger partial charge in [0.1, 0.15) is 17.6 Å². The van der Waals surface area contributed by atoms with E-state index in [2.05, 4.69) is 0 Å². The monoisotopic (exact) mass is 422 g/mol. The van der Waals surface area contributed by atoms with Gasteiger partial charge in [0.05, 0.1) is 13.2 Å². The number of hydrogen-bond donors (Lipinski definition) is 0.